The molecule has 0 amide bonds. The molecule has 4 nitrogen and oxygen atoms in total. The summed E-state index contributed by atoms with van der Waals surface area (Å²) in [7, 11) is 0. The molecule has 2 heterocycles. The van der Waals surface area contributed by atoms with Crippen LogP contribution in [0.25, 0.3) is 0 Å². The number of rotatable bonds is 3. The fourth-order valence-corrected chi connectivity index (χ4v) is 3.42. The quantitative estimate of drug-likeness (QED) is 0.671. The van der Waals surface area contributed by atoms with Gasteiger partial charge < -0.3 is 5.73 Å². The summed E-state index contributed by atoms with van der Waals surface area (Å²) < 4.78 is 0. The standard InChI is InChI=1S/C15H18N4S/c1-8-5-9(2)19-13(6-8)20-12-7-10(3)18-11(4)14(12)15(16)17/h5-7H,1-4H3,(H3,16,17). The molecule has 0 aromatic carbocycles. The molecular formula is C15H18N4S. The Morgan fingerprint density at radius 3 is 2.30 bits per heavy atom. The predicted octanol–water partition coefficient (Wildman–Crippen LogP) is 3.15. The molecule has 0 saturated heterocycles. The molecule has 3 N–H and O–H groups in total. The van der Waals surface area contributed by atoms with Gasteiger partial charge in [-0.1, -0.05) is 11.8 Å². The Balaban J connectivity index is 2.49. The number of nitrogens with two attached hydrogens (primary N) is 1. The normalized spacial score (nSPS) is 10.6. The van der Waals surface area contributed by atoms with E-state index >= 15 is 0 Å². The van der Waals surface area contributed by atoms with Crippen LogP contribution >= 0.6 is 11.8 Å². The number of amidine groups is 1. The number of nitrogens with one attached hydrogen (secondary N) is 1. The van der Waals surface area contributed by atoms with Gasteiger partial charge in [0.2, 0.25) is 0 Å². The molecular weight excluding hydrogens is 268 g/mol. The number of aryl methyl sites for hydroxylation is 4. The molecule has 2 aromatic rings. The van der Waals surface area contributed by atoms with Crippen LogP contribution in [0.3, 0.4) is 0 Å². The number of hydrogen-bond donors (Lipinski definition) is 2. The summed E-state index contributed by atoms with van der Waals surface area (Å²) in [4.78, 5) is 9.83. The molecule has 20 heavy (non-hydrogen) atoms. The first-order valence-corrected chi connectivity index (χ1v) is 7.14. The minimum Gasteiger partial charge on any atom is -0.384 e. The molecule has 104 valence electrons. The van der Waals surface area contributed by atoms with Crippen molar-refractivity contribution in [1.29, 1.82) is 5.41 Å². The molecule has 2 aromatic heterocycles. The second-order valence-corrected chi connectivity index (χ2v) is 5.92. The Labute approximate surface area is 123 Å². The van der Waals surface area contributed by atoms with Gasteiger partial charge in [0.15, 0.2) is 0 Å². The van der Waals surface area contributed by atoms with E-state index in [1.807, 2.05) is 45.9 Å². The minimum atomic E-state index is 0.0434. The van der Waals surface area contributed by atoms with E-state index in [9.17, 15) is 0 Å². The SMILES string of the molecule is Cc1cc(C)nc(Sc2cc(C)nc(C)c2C(=N)N)c1. The highest BCUT2D eigenvalue weighted by atomic mass is 32.2. The van der Waals surface area contributed by atoms with Crippen molar-refractivity contribution < 1.29 is 0 Å². The van der Waals surface area contributed by atoms with Crippen molar-refractivity contribution >= 4 is 17.6 Å². The maximum Gasteiger partial charge on any atom is 0.125 e. The molecule has 0 atom stereocenters. The van der Waals surface area contributed by atoms with Crippen molar-refractivity contribution in [2.45, 2.75) is 37.6 Å². The van der Waals surface area contributed by atoms with Crippen LogP contribution in [-0.2, 0) is 0 Å². The highest BCUT2D eigenvalue weighted by molar-refractivity contribution is 7.99. The summed E-state index contributed by atoms with van der Waals surface area (Å²) in [6, 6.07) is 6.03. The van der Waals surface area contributed by atoms with Crippen LogP contribution in [0.15, 0.2) is 28.1 Å². The van der Waals surface area contributed by atoms with Crippen molar-refractivity contribution in [3.8, 4) is 0 Å². The van der Waals surface area contributed by atoms with Crippen molar-refractivity contribution in [2.75, 3.05) is 0 Å². The molecule has 2 rings (SSSR count). The lowest BCUT2D eigenvalue weighted by molar-refractivity contribution is 1.04. The van der Waals surface area contributed by atoms with Gasteiger partial charge in [0.25, 0.3) is 0 Å². The van der Waals surface area contributed by atoms with Gasteiger partial charge in [0.1, 0.15) is 10.9 Å². The van der Waals surface area contributed by atoms with Gasteiger partial charge in [-0.15, -0.1) is 0 Å². The Kier molecular flexibility index (Phi) is 4.09. The van der Waals surface area contributed by atoms with Crippen molar-refractivity contribution in [3.63, 3.8) is 0 Å². The maximum absolute atomic E-state index is 7.74. The van der Waals surface area contributed by atoms with Crippen LogP contribution < -0.4 is 5.73 Å². The van der Waals surface area contributed by atoms with Gasteiger partial charge in [-0.05, 0) is 51.5 Å². The monoisotopic (exact) mass is 286 g/mol. The van der Waals surface area contributed by atoms with Crippen LogP contribution in [0.1, 0.15) is 28.2 Å². The molecule has 0 saturated carbocycles. The Morgan fingerprint density at radius 1 is 1.05 bits per heavy atom. The molecule has 0 radical (unpaired) electrons. The van der Waals surface area contributed by atoms with Crippen LogP contribution in [0.4, 0.5) is 0 Å². The van der Waals surface area contributed by atoms with E-state index in [1.165, 1.54) is 17.3 Å². The van der Waals surface area contributed by atoms with E-state index in [-0.39, 0.29) is 5.84 Å². The van der Waals surface area contributed by atoms with Crippen LogP contribution in [0.5, 0.6) is 0 Å². The van der Waals surface area contributed by atoms with E-state index in [1.54, 1.807) is 0 Å². The third kappa shape index (κ3) is 3.17. The highest BCUT2D eigenvalue weighted by Gasteiger charge is 2.13. The lowest BCUT2D eigenvalue weighted by Gasteiger charge is -2.12. The summed E-state index contributed by atoms with van der Waals surface area (Å²) in [5.74, 6) is 0.0434. The van der Waals surface area contributed by atoms with Crippen LogP contribution in [-0.4, -0.2) is 15.8 Å². The lowest BCUT2D eigenvalue weighted by Crippen LogP contribution is -2.15. The molecule has 0 aliphatic carbocycles. The zero-order chi connectivity index (χ0) is 14.9. The number of aromatic nitrogens is 2. The van der Waals surface area contributed by atoms with Crippen molar-refractivity contribution in [3.05, 3.63) is 46.4 Å². The lowest BCUT2D eigenvalue weighted by atomic mass is 10.1. The second-order valence-electron chi connectivity index (χ2n) is 4.86. The van der Waals surface area contributed by atoms with Crippen LogP contribution in [0, 0.1) is 33.1 Å². The fraction of sp³-hybridized carbons (Fsp3) is 0.267. The third-order valence-corrected chi connectivity index (χ3v) is 3.81. The summed E-state index contributed by atoms with van der Waals surface area (Å²) in [6.45, 7) is 7.85. The number of nitrogen functional groups attached to an aromatic ring is 1. The average molecular weight is 286 g/mol. The number of pyridine rings is 2. The first kappa shape index (κ1) is 14.5. The first-order valence-electron chi connectivity index (χ1n) is 6.32. The van der Waals surface area contributed by atoms with E-state index in [0.717, 1.165) is 27.0 Å². The molecule has 0 bridgehead atoms. The smallest absolute Gasteiger partial charge is 0.125 e. The second kappa shape index (κ2) is 5.63. The minimum absolute atomic E-state index is 0.0434. The largest absolute Gasteiger partial charge is 0.384 e. The Bertz CT molecular complexity index is 660. The number of hydrogen-bond acceptors (Lipinski definition) is 4. The van der Waals surface area contributed by atoms with Gasteiger partial charge in [0.05, 0.1) is 5.56 Å². The van der Waals surface area contributed by atoms with E-state index in [0.29, 0.717) is 5.56 Å². The summed E-state index contributed by atoms with van der Waals surface area (Å²) in [5, 5.41) is 8.65. The molecule has 5 heteroatoms. The van der Waals surface area contributed by atoms with Crippen molar-refractivity contribution in [2.24, 2.45) is 5.73 Å². The van der Waals surface area contributed by atoms with Gasteiger partial charge in [-0.25, -0.2) is 4.98 Å². The summed E-state index contributed by atoms with van der Waals surface area (Å²) >= 11 is 1.53. The molecule has 0 aliphatic heterocycles. The Morgan fingerprint density at radius 2 is 1.70 bits per heavy atom. The zero-order valence-corrected chi connectivity index (χ0v) is 12.9. The summed E-state index contributed by atoms with van der Waals surface area (Å²) in [5.41, 5.74) is 10.2. The summed E-state index contributed by atoms with van der Waals surface area (Å²) in [6.07, 6.45) is 0. The van der Waals surface area contributed by atoms with Gasteiger partial charge >= 0.3 is 0 Å². The maximum atomic E-state index is 7.74. The third-order valence-electron chi connectivity index (χ3n) is 2.85. The Hall–Kier alpha value is -1.88. The zero-order valence-electron chi connectivity index (χ0n) is 12.1. The highest BCUT2D eigenvalue weighted by Crippen LogP contribution is 2.31. The van der Waals surface area contributed by atoms with Gasteiger partial charge in [0, 0.05) is 22.0 Å². The van der Waals surface area contributed by atoms with Gasteiger partial charge in [-0.2, -0.15) is 0 Å². The van der Waals surface area contributed by atoms with Crippen LogP contribution in [0.2, 0.25) is 0 Å². The fourth-order valence-electron chi connectivity index (χ4n) is 2.17. The first-order chi connectivity index (χ1) is 9.36. The molecule has 0 aliphatic rings. The van der Waals surface area contributed by atoms with E-state index in [2.05, 4.69) is 9.97 Å². The molecule has 0 spiro atoms. The number of nitrogens with zero attached hydrogens (tertiary/aromatic N) is 2. The predicted molar refractivity (Wildman–Crippen MR) is 82.6 cm³/mol. The molecule has 0 unspecified atom stereocenters. The molecule has 0 fully saturated rings. The topological polar surface area (TPSA) is 75.7 Å². The van der Waals surface area contributed by atoms with Crippen molar-refractivity contribution in [1.82, 2.24) is 9.97 Å². The van der Waals surface area contributed by atoms with Gasteiger partial charge in [-0.3, -0.25) is 10.4 Å². The van der Waals surface area contributed by atoms with E-state index in [4.69, 9.17) is 11.1 Å². The average Bonchev–Trinajstić information content (AvgIpc) is 2.25. The van der Waals surface area contributed by atoms with E-state index < -0.39 is 0 Å².